The van der Waals surface area contributed by atoms with Crippen molar-refractivity contribution in [3.63, 3.8) is 0 Å². The average Bonchev–Trinajstić information content (AvgIpc) is 3.23. The molecule has 0 saturated carbocycles. The highest BCUT2D eigenvalue weighted by molar-refractivity contribution is 5.94. The first-order valence-corrected chi connectivity index (χ1v) is 10.8. The van der Waals surface area contributed by atoms with Crippen LogP contribution < -0.4 is 5.43 Å². The number of benzene rings is 2. The van der Waals surface area contributed by atoms with Crippen molar-refractivity contribution < 1.29 is 14.8 Å². The highest BCUT2D eigenvalue weighted by Gasteiger charge is 2.26. The van der Waals surface area contributed by atoms with Crippen LogP contribution in [0.5, 0.6) is 5.75 Å². The number of nitrogens with zero attached hydrogens (tertiary/aromatic N) is 3. The van der Waals surface area contributed by atoms with E-state index in [0.717, 1.165) is 16.7 Å². The van der Waals surface area contributed by atoms with Gasteiger partial charge in [-0.3, -0.25) is 20.0 Å². The minimum atomic E-state index is -0.508. The summed E-state index contributed by atoms with van der Waals surface area (Å²) in [4.78, 5) is 23.0. The Morgan fingerprint density at radius 3 is 2.26 bits per heavy atom. The summed E-state index contributed by atoms with van der Waals surface area (Å²) in [6, 6.07) is 11.2. The molecular formula is C25H29N5O4. The Hall–Kier alpha value is -4.01. The van der Waals surface area contributed by atoms with Crippen LogP contribution in [0.4, 0.5) is 5.69 Å². The molecule has 1 heterocycles. The molecule has 0 radical (unpaired) electrons. The van der Waals surface area contributed by atoms with E-state index in [1.165, 1.54) is 24.4 Å². The Kier molecular flexibility index (Phi) is 6.58. The van der Waals surface area contributed by atoms with Crippen LogP contribution in [0.1, 0.15) is 68.7 Å². The second-order valence-corrected chi connectivity index (χ2v) is 10.1. The summed E-state index contributed by atoms with van der Waals surface area (Å²) < 4.78 is 0. The Balaban J connectivity index is 1.81. The third-order valence-corrected chi connectivity index (χ3v) is 5.30. The van der Waals surface area contributed by atoms with Crippen molar-refractivity contribution in [1.82, 2.24) is 15.6 Å². The molecule has 0 aliphatic rings. The van der Waals surface area contributed by atoms with Crippen molar-refractivity contribution in [1.29, 1.82) is 0 Å². The molecule has 3 rings (SSSR count). The number of amides is 1. The van der Waals surface area contributed by atoms with Gasteiger partial charge in [0.15, 0.2) is 0 Å². The molecule has 3 aromatic rings. The summed E-state index contributed by atoms with van der Waals surface area (Å²) in [7, 11) is 0. The number of carbonyl (C=O) groups excluding carboxylic acids is 1. The molecule has 0 aliphatic heterocycles. The van der Waals surface area contributed by atoms with Gasteiger partial charge in [-0.2, -0.15) is 10.2 Å². The van der Waals surface area contributed by atoms with Crippen molar-refractivity contribution in [3.8, 4) is 17.0 Å². The van der Waals surface area contributed by atoms with Crippen LogP contribution in [0.25, 0.3) is 11.3 Å². The molecule has 178 valence electrons. The van der Waals surface area contributed by atoms with E-state index >= 15 is 0 Å². The summed E-state index contributed by atoms with van der Waals surface area (Å²) in [5.74, 6) is -0.237. The number of aromatic amines is 1. The number of nitrogens with one attached hydrogen (secondary N) is 2. The first-order chi connectivity index (χ1) is 15.8. The topological polar surface area (TPSA) is 134 Å². The molecule has 0 atom stereocenters. The largest absolute Gasteiger partial charge is 0.507 e. The number of hydrogen-bond donors (Lipinski definition) is 3. The maximum absolute atomic E-state index is 12.5. The fourth-order valence-corrected chi connectivity index (χ4v) is 3.47. The fourth-order valence-electron chi connectivity index (χ4n) is 3.47. The van der Waals surface area contributed by atoms with Crippen molar-refractivity contribution in [2.45, 2.75) is 52.4 Å². The normalized spacial score (nSPS) is 12.2. The standard InChI is InChI=1S/C25H29N5O4/c1-24(2,3)18-10-15(11-19(22(18)31)25(4,5)6)14-26-29-23(32)21-13-20(27-28-21)16-8-7-9-17(12-16)30(33)34/h7-14,31H,1-6H3,(H,27,28)(H,29,32)/b26-14+. The van der Waals surface area contributed by atoms with Gasteiger partial charge in [-0.25, -0.2) is 5.43 Å². The first kappa shape index (κ1) is 24.6. The summed E-state index contributed by atoms with van der Waals surface area (Å²) in [5.41, 5.74) is 5.25. The van der Waals surface area contributed by atoms with E-state index in [1.807, 2.05) is 53.7 Å². The number of phenols is 1. The average molecular weight is 464 g/mol. The fraction of sp³-hybridized carbons (Fsp3) is 0.320. The van der Waals surface area contributed by atoms with Crippen molar-refractivity contribution >= 4 is 17.8 Å². The number of nitro benzene ring substituents is 1. The Morgan fingerprint density at radius 1 is 1.09 bits per heavy atom. The number of rotatable bonds is 5. The zero-order valence-electron chi connectivity index (χ0n) is 20.1. The van der Waals surface area contributed by atoms with Crippen LogP contribution in [0.3, 0.4) is 0 Å². The summed E-state index contributed by atoms with van der Waals surface area (Å²) in [6.07, 6.45) is 1.53. The molecule has 0 bridgehead atoms. The van der Waals surface area contributed by atoms with Gasteiger partial charge in [-0.15, -0.1) is 0 Å². The Morgan fingerprint density at radius 2 is 1.71 bits per heavy atom. The van der Waals surface area contributed by atoms with E-state index in [4.69, 9.17) is 0 Å². The molecule has 2 aromatic carbocycles. The van der Waals surface area contributed by atoms with Gasteiger partial charge in [0.05, 0.1) is 16.8 Å². The number of hydrazone groups is 1. The van der Waals surface area contributed by atoms with Gasteiger partial charge < -0.3 is 5.11 Å². The zero-order valence-corrected chi connectivity index (χ0v) is 20.1. The van der Waals surface area contributed by atoms with Crippen molar-refractivity contribution in [3.05, 3.63) is 75.0 Å². The number of carbonyl (C=O) groups is 1. The number of phenolic OH excluding ortho intramolecular Hbond substituents is 1. The van der Waals surface area contributed by atoms with Crippen LogP contribution in [0, 0.1) is 10.1 Å². The van der Waals surface area contributed by atoms with E-state index in [1.54, 1.807) is 12.1 Å². The lowest BCUT2D eigenvalue weighted by atomic mass is 9.78. The maximum Gasteiger partial charge on any atom is 0.289 e. The van der Waals surface area contributed by atoms with Gasteiger partial charge in [-0.1, -0.05) is 53.7 Å². The van der Waals surface area contributed by atoms with Gasteiger partial charge in [0.1, 0.15) is 11.4 Å². The molecule has 1 amide bonds. The van der Waals surface area contributed by atoms with Crippen LogP contribution in [0.2, 0.25) is 0 Å². The molecule has 0 saturated heterocycles. The second kappa shape index (κ2) is 9.09. The van der Waals surface area contributed by atoms with Crippen LogP contribution in [-0.4, -0.2) is 32.3 Å². The van der Waals surface area contributed by atoms with E-state index < -0.39 is 10.8 Å². The molecule has 0 unspecified atom stereocenters. The lowest BCUT2D eigenvalue weighted by molar-refractivity contribution is -0.384. The molecule has 0 spiro atoms. The lowest BCUT2D eigenvalue weighted by Crippen LogP contribution is -2.19. The number of aromatic nitrogens is 2. The molecule has 0 aliphatic carbocycles. The minimum absolute atomic E-state index is 0.0609. The monoisotopic (exact) mass is 463 g/mol. The zero-order chi connectivity index (χ0) is 25.3. The van der Waals surface area contributed by atoms with Crippen molar-refractivity contribution in [2.24, 2.45) is 5.10 Å². The summed E-state index contributed by atoms with van der Waals surface area (Å²) in [6.45, 7) is 12.1. The summed E-state index contributed by atoms with van der Waals surface area (Å²) >= 11 is 0. The van der Waals surface area contributed by atoms with E-state index in [-0.39, 0.29) is 28.0 Å². The van der Waals surface area contributed by atoms with Gasteiger partial charge in [0.25, 0.3) is 11.6 Å². The third-order valence-electron chi connectivity index (χ3n) is 5.30. The Bertz CT molecular complexity index is 1230. The van der Waals surface area contributed by atoms with Crippen LogP contribution >= 0.6 is 0 Å². The lowest BCUT2D eigenvalue weighted by Gasteiger charge is -2.27. The van der Waals surface area contributed by atoms with Crippen molar-refractivity contribution in [2.75, 3.05) is 0 Å². The van der Waals surface area contributed by atoms with Gasteiger partial charge in [-0.05, 0) is 34.6 Å². The number of hydrogen-bond acceptors (Lipinski definition) is 6. The molecule has 34 heavy (non-hydrogen) atoms. The molecular weight excluding hydrogens is 434 g/mol. The van der Waals surface area contributed by atoms with Gasteiger partial charge in [0.2, 0.25) is 0 Å². The second-order valence-electron chi connectivity index (χ2n) is 10.1. The highest BCUT2D eigenvalue weighted by atomic mass is 16.6. The Labute approximate surface area is 198 Å². The SMILES string of the molecule is CC(C)(C)c1cc(/C=N/NC(=O)c2cc(-c3cccc([N+](=O)[O-])c3)n[nH]2)cc(C(C)(C)C)c1O. The van der Waals surface area contributed by atoms with Crippen LogP contribution in [0.15, 0.2) is 47.6 Å². The molecule has 3 N–H and O–H groups in total. The molecule has 9 nitrogen and oxygen atoms in total. The van der Waals surface area contributed by atoms with E-state index in [9.17, 15) is 20.0 Å². The smallest absolute Gasteiger partial charge is 0.289 e. The van der Waals surface area contributed by atoms with E-state index in [0.29, 0.717) is 11.3 Å². The molecule has 0 fully saturated rings. The first-order valence-electron chi connectivity index (χ1n) is 10.8. The summed E-state index contributed by atoms with van der Waals surface area (Å²) in [5, 5.41) is 32.6. The number of nitro groups is 1. The predicted octanol–water partition coefficient (Wildman–Crippen LogP) is 5.05. The third kappa shape index (κ3) is 5.48. The van der Waals surface area contributed by atoms with Gasteiger partial charge in [0, 0.05) is 28.8 Å². The number of non-ortho nitro benzene ring substituents is 1. The van der Waals surface area contributed by atoms with E-state index in [2.05, 4.69) is 20.7 Å². The minimum Gasteiger partial charge on any atom is -0.507 e. The highest BCUT2D eigenvalue weighted by Crippen LogP contribution is 2.39. The number of H-pyrrole nitrogens is 1. The quantitative estimate of drug-likeness (QED) is 0.277. The molecule has 1 aromatic heterocycles. The maximum atomic E-state index is 12.5. The van der Waals surface area contributed by atoms with Gasteiger partial charge >= 0.3 is 0 Å². The van der Waals surface area contributed by atoms with Crippen LogP contribution in [-0.2, 0) is 10.8 Å². The number of aromatic hydroxyl groups is 1. The predicted molar refractivity (Wildman–Crippen MR) is 131 cm³/mol. The molecule has 9 heteroatoms.